The van der Waals surface area contributed by atoms with Crippen molar-refractivity contribution in [1.29, 1.82) is 0 Å². The zero-order valence-electron chi connectivity index (χ0n) is 20.0. The van der Waals surface area contributed by atoms with Crippen molar-refractivity contribution >= 4 is 38.8 Å². The highest BCUT2D eigenvalue weighted by Crippen LogP contribution is 2.40. The molecule has 192 valence electrons. The zero-order valence-corrected chi connectivity index (χ0v) is 20.9. The van der Waals surface area contributed by atoms with Gasteiger partial charge in [0, 0.05) is 18.8 Å². The Kier molecular flexibility index (Phi) is 6.71. The van der Waals surface area contributed by atoms with Gasteiger partial charge < -0.3 is 25.8 Å². The number of rotatable bonds is 6. The van der Waals surface area contributed by atoms with Gasteiger partial charge in [-0.2, -0.15) is 0 Å². The van der Waals surface area contributed by atoms with Crippen LogP contribution in [0, 0.1) is 18.6 Å². The van der Waals surface area contributed by atoms with Gasteiger partial charge in [-0.3, -0.25) is 4.79 Å². The summed E-state index contributed by atoms with van der Waals surface area (Å²) < 4.78 is 34.6. The number of nitrogens with one attached hydrogen (secondary N) is 1. The van der Waals surface area contributed by atoms with Crippen LogP contribution in [0.1, 0.15) is 21.9 Å². The number of amides is 1. The molecule has 12 heteroatoms. The number of hydrogen-bond acceptors (Lipinski definition) is 9. The molecule has 0 aliphatic carbocycles. The van der Waals surface area contributed by atoms with Crippen LogP contribution < -0.4 is 20.7 Å². The van der Waals surface area contributed by atoms with Crippen molar-refractivity contribution in [3.63, 3.8) is 0 Å². The number of thiazole rings is 1. The number of aromatic nitrogens is 3. The summed E-state index contributed by atoms with van der Waals surface area (Å²) in [7, 11) is 1.31. The fourth-order valence-electron chi connectivity index (χ4n) is 4.59. The molecule has 0 unspecified atom stereocenters. The third-order valence-corrected chi connectivity index (χ3v) is 7.16. The van der Waals surface area contributed by atoms with E-state index in [9.17, 15) is 18.7 Å². The third-order valence-electron chi connectivity index (χ3n) is 6.22. The summed E-state index contributed by atoms with van der Waals surface area (Å²) in [5.41, 5.74) is 7.67. The number of benzene rings is 2. The number of fused-ring (bicyclic) bond motifs is 1. The quantitative estimate of drug-likeness (QED) is 0.349. The van der Waals surface area contributed by atoms with E-state index in [1.165, 1.54) is 36.8 Å². The molecule has 37 heavy (non-hydrogen) atoms. The molecule has 4 aromatic rings. The van der Waals surface area contributed by atoms with Crippen molar-refractivity contribution in [3.05, 3.63) is 58.9 Å². The van der Waals surface area contributed by atoms with E-state index in [0.717, 1.165) is 15.8 Å². The van der Waals surface area contributed by atoms with Gasteiger partial charge in [-0.05, 0) is 43.7 Å². The van der Waals surface area contributed by atoms with Crippen LogP contribution in [0.3, 0.4) is 0 Å². The molecule has 1 saturated heterocycles. The summed E-state index contributed by atoms with van der Waals surface area (Å²) >= 11 is 1.52. The molecular formula is C25H24F2N6O3S. The van der Waals surface area contributed by atoms with Gasteiger partial charge in [-0.25, -0.2) is 23.7 Å². The molecule has 0 saturated carbocycles. The van der Waals surface area contributed by atoms with Crippen molar-refractivity contribution in [2.75, 3.05) is 30.5 Å². The Labute approximate surface area is 214 Å². The number of carbonyl (C=O) groups is 1. The Balaban J connectivity index is 1.54. The molecule has 9 nitrogen and oxygen atoms in total. The van der Waals surface area contributed by atoms with E-state index in [4.69, 9.17) is 10.5 Å². The number of aryl methyl sites for hydroxylation is 1. The fraction of sp³-hybridized carbons (Fsp3) is 0.280. The van der Waals surface area contributed by atoms with Crippen molar-refractivity contribution in [2.45, 2.75) is 25.4 Å². The second-order valence-corrected chi connectivity index (χ2v) is 9.92. The third kappa shape index (κ3) is 4.59. The molecule has 5 rings (SSSR count). The molecule has 2 aromatic heterocycles. The molecule has 1 fully saturated rings. The van der Waals surface area contributed by atoms with E-state index in [0.29, 0.717) is 29.9 Å². The molecule has 2 atom stereocenters. The van der Waals surface area contributed by atoms with Crippen molar-refractivity contribution in [1.82, 2.24) is 15.0 Å². The lowest BCUT2D eigenvalue weighted by molar-refractivity contribution is 0.102. The second kappa shape index (κ2) is 9.96. The molecule has 3 heterocycles. The van der Waals surface area contributed by atoms with Crippen LogP contribution in [0.5, 0.6) is 5.75 Å². The molecule has 1 aliphatic heterocycles. The molecule has 0 spiro atoms. The number of ether oxygens (including phenoxy) is 1. The van der Waals surface area contributed by atoms with Crippen LogP contribution in [-0.2, 0) is 0 Å². The lowest BCUT2D eigenvalue weighted by Crippen LogP contribution is -2.34. The second-order valence-electron chi connectivity index (χ2n) is 8.68. The van der Waals surface area contributed by atoms with Gasteiger partial charge >= 0.3 is 0 Å². The maximum Gasteiger partial charge on any atom is 0.274 e. The topological polar surface area (TPSA) is 126 Å². The maximum absolute atomic E-state index is 14.6. The molecule has 0 radical (unpaired) electrons. The monoisotopic (exact) mass is 526 g/mol. The average molecular weight is 527 g/mol. The van der Waals surface area contributed by atoms with Crippen LogP contribution in [0.2, 0.25) is 0 Å². The van der Waals surface area contributed by atoms with Gasteiger partial charge in [0.25, 0.3) is 5.91 Å². The van der Waals surface area contributed by atoms with Crippen molar-refractivity contribution in [2.24, 2.45) is 5.73 Å². The number of aliphatic hydroxyl groups is 1. The minimum atomic E-state index is -1.18. The number of methoxy groups -OCH3 is 1. The summed E-state index contributed by atoms with van der Waals surface area (Å²) in [6.07, 6.45) is 1.88. The van der Waals surface area contributed by atoms with Crippen LogP contribution >= 0.6 is 11.3 Å². The smallest absolute Gasteiger partial charge is 0.274 e. The SMILES string of the molecule is COc1ccc(F)c(F)c1-c1nccc(C(=O)Nc2ccc3sc(C)nc3c2N2C[C@H](N)C[C@H]2CO)n1. The fourth-order valence-corrected chi connectivity index (χ4v) is 5.42. The van der Waals surface area contributed by atoms with E-state index in [2.05, 4.69) is 20.3 Å². The first-order valence-electron chi connectivity index (χ1n) is 11.5. The van der Waals surface area contributed by atoms with E-state index in [1.807, 2.05) is 17.9 Å². The van der Waals surface area contributed by atoms with Gasteiger partial charge in [0.2, 0.25) is 0 Å². The number of nitrogens with two attached hydrogens (primary N) is 1. The van der Waals surface area contributed by atoms with E-state index in [-0.39, 0.29) is 41.5 Å². The lowest BCUT2D eigenvalue weighted by atomic mass is 10.1. The number of carbonyl (C=O) groups excluding carboxylic acids is 1. The van der Waals surface area contributed by atoms with Crippen LogP contribution in [-0.4, -0.2) is 58.3 Å². The molecule has 0 bridgehead atoms. The standard InChI is InChI=1S/C25H24F2N6O3S/c1-12-30-22-19(37-12)6-4-16(23(22)33-10-13(28)9-14(33)11-34)32-25(35)17-7-8-29-24(31-17)20-18(36-2)5-3-15(26)21(20)27/h3-8,13-14,34H,9-11,28H2,1-2H3,(H,32,35)/t13-,14+/m1/s1. The number of nitrogens with zero attached hydrogens (tertiary/aromatic N) is 4. The van der Waals surface area contributed by atoms with E-state index in [1.54, 1.807) is 6.07 Å². The largest absolute Gasteiger partial charge is 0.496 e. The number of hydrogen-bond donors (Lipinski definition) is 3. The normalized spacial score (nSPS) is 17.4. The molecular weight excluding hydrogens is 502 g/mol. The van der Waals surface area contributed by atoms with Gasteiger partial charge in [0.15, 0.2) is 17.5 Å². The molecule has 2 aromatic carbocycles. The van der Waals surface area contributed by atoms with E-state index < -0.39 is 17.5 Å². The summed E-state index contributed by atoms with van der Waals surface area (Å²) in [6, 6.07) is 6.83. The predicted octanol–water partition coefficient (Wildman–Crippen LogP) is 3.50. The van der Waals surface area contributed by atoms with Gasteiger partial charge in [-0.1, -0.05) is 0 Å². The number of anilines is 2. The molecule has 1 aliphatic rings. The highest BCUT2D eigenvalue weighted by atomic mass is 32.1. The lowest BCUT2D eigenvalue weighted by Gasteiger charge is -2.28. The Bertz CT molecular complexity index is 1500. The molecule has 4 N–H and O–H groups in total. The maximum atomic E-state index is 14.6. The number of halogens is 2. The van der Waals surface area contributed by atoms with Crippen LogP contribution in [0.15, 0.2) is 36.5 Å². The Morgan fingerprint density at radius 1 is 1.27 bits per heavy atom. The minimum absolute atomic E-state index is 0.0310. The summed E-state index contributed by atoms with van der Waals surface area (Å²) in [5, 5.41) is 13.7. The van der Waals surface area contributed by atoms with Gasteiger partial charge in [0.05, 0.1) is 46.4 Å². The van der Waals surface area contributed by atoms with Crippen molar-refractivity contribution in [3.8, 4) is 17.1 Å². The Morgan fingerprint density at radius 3 is 2.84 bits per heavy atom. The van der Waals surface area contributed by atoms with Gasteiger partial charge in [0.1, 0.15) is 17.0 Å². The number of aliphatic hydroxyl groups excluding tert-OH is 1. The average Bonchev–Trinajstić information content (AvgIpc) is 3.46. The molecule has 1 amide bonds. The first-order valence-corrected chi connectivity index (χ1v) is 12.3. The van der Waals surface area contributed by atoms with Crippen LogP contribution in [0.25, 0.3) is 21.6 Å². The first kappa shape index (κ1) is 24.9. The Morgan fingerprint density at radius 2 is 2.08 bits per heavy atom. The minimum Gasteiger partial charge on any atom is -0.496 e. The summed E-state index contributed by atoms with van der Waals surface area (Å²) in [5.74, 6) is -3.02. The summed E-state index contributed by atoms with van der Waals surface area (Å²) in [6.45, 7) is 2.28. The van der Waals surface area contributed by atoms with Crippen LogP contribution in [0.4, 0.5) is 20.2 Å². The summed E-state index contributed by atoms with van der Waals surface area (Å²) in [4.78, 5) is 28.2. The van der Waals surface area contributed by atoms with Crippen molar-refractivity contribution < 1.29 is 23.4 Å². The Hall–Kier alpha value is -3.74. The highest BCUT2D eigenvalue weighted by molar-refractivity contribution is 7.18. The van der Waals surface area contributed by atoms with Gasteiger partial charge in [-0.15, -0.1) is 11.3 Å². The first-order chi connectivity index (χ1) is 17.8. The predicted molar refractivity (Wildman–Crippen MR) is 137 cm³/mol. The van der Waals surface area contributed by atoms with E-state index >= 15 is 0 Å². The zero-order chi connectivity index (χ0) is 26.3. The highest BCUT2D eigenvalue weighted by Gasteiger charge is 2.33.